The van der Waals surface area contributed by atoms with Gasteiger partial charge >= 0.3 is 0 Å². The molecule has 6 heteroatoms. The summed E-state index contributed by atoms with van der Waals surface area (Å²) in [5.41, 5.74) is 7.31. The van der Waals surface area contributed by atoms with Gasteiger partial charge in [0.05, 0.1) is 0 Å². The van der Waals surface area contributed by atoms with E-state index in [1.54, 1.807) is 0 Å². The van der Waals surface area contributed by atoms with Crippen molar-refractivity contribution in [2.24, 2.45) is 5.10 Å². The van der Waals surface area contributed by atoms with Crippen LogP contribution in [0.3, 0.4) is 0 Å². The molecule has 0 radical (unpaired) electrons. The fourth-order valence-electron chi connectivity index (χ4n) is 4.05. The first-order chi connectivity index (χ1) is 16.5. The highest BCUT2D eigenvalue weighted by atomic mass is 16.5. The second-order valence-electron chi connectivity index (χ2n) is 8.69. The maximum atomic E-state index is 5.75. The van der Waals surface area contributed by atoms with E-state index in [1.165, 1.54) is 11.1 Å². The lowest BCUT2D eigenvalue weighted by Gasteiger charge is -2.25. The molecular weight excluding hydrogens is 422 g/mol. The Bertz CT molecular complexity index is 1230. The highest BCUT2D eigenvalue weighted by Gasteiger charge is 2.23. The van der Waals surface area contributed by atoms with E-state index in [1.807, 2.05) is 37.6 Å². The predicted molar refractivity (Wildman–Crippen MR) is 139 cm³/mol. The van der Waals surface area contributed by atoms with E-state index < -0.39 is 0 Å². The Labute approximate surface area is 201 Å². The Kier molecular flexibility index (Phi) is 7.38. The normalized spacial score (nSPS) is 11.1. The molecule has 0 aliphatic heterocycles. The summed E-state index contributed by atoms with van der Waals surface area (Å²) in [7, 11) is 0. The molecule has 34 heavy (non-hydrogen) atoms. The molecule has 0 unspecified atom stereocenters. The summed E-state index contributed by atoms with van der Waals surface area (Å²) in [5, 5.41) is 4.82. The van der Waals surface area contributed by atoms with Crippen molar-refractivity contribution in [3.63, 3.8) is 0 Å². The number of pyridine rings is 1. The molecule has 0 saturated carbocycles. The van der Waals surface area contributed by atoms with E-state index in [9.17, 15) is 0 Å². The van der Waals surface area contributed by atoms with Crippen molar-refractivity contribution >= 4 is 22.6 Å². The third-order valence-electron chi connectivity index (χ3n) is 5.77. The van der Waals surface area contributed by atoms with E-state index in [-0.39, 0.29) is 0 Å². The van der Waals surface area contributed by atoms with Crippen LogP contribution in [0.5, 0.6) is 0 Å². The minimum Gasteiger partial charge on any atom is -0.374 e. The lowest BCUT2D eigenvalue weighted by atomic mass is 10.1. The Morgan fingerprint density at radius 3 is 2.03 bits per heavy atom. The van der Waals surface area contributed by atoms with Crippen LogP contribution in [-0.2, 0) is 24.4 Å². The van der Waals surface area contributed by atoms with Crippen LogP contribution in [-0.4, -0.2) is 27.0 Å². The Hall–Kier alpha value is -3.51. The number of aryl methyl sites for hydroxylation is 2. The molecule has 0 spiro atoms. The van der Waals surface area contributed by atoms with Crippen LogP contribution in [0.25, 0.3) is 11.0 Å². The molecule has 4 aromatic rings. The summed E-state index contributed by atoms with van der Waals surface area (Å²) in [6.45, 7) is 12.6. The number of benzene rings is 2. The van der Waals surface area contributed by atoms with E-state index in [4.69, 9.17) is 19.8 Å². The first kappa shape index (κ1) is 23.6. The summed E-state index contributed by atoms with van der Waals surface area (Å²) in [6.07, 6.45) is 0. The molecule has 0 amide bonds. The highest BCUT2D eigenvalue weighted by molar-refractivity contribution is 5.91. The smallest absolute Gasteiger partial charge is 0.157 e. The predicted octanol–water partition coefficient (Wildman–Crippen LogP) is 6.04. The number of fused-ring (bicyclic) bond motifs is 1. The van der Waals surface area contributed by atoms with Gasteiger partial charge in [0.2, 0.25) is 0 Å². The number of imidazole rings is 1. The second-order valence-corrected chi connectivity index (χ2v) is 8.69. The largest absolute Gasteiger partial charge is 0.374 e. The van der Waals surface area contributed by atoms with Crippen LogP contribution >= 0.6 is 0 Å². The maximum absolute atomic E-state index is 5.75. The van der Waals surface area contributed by atoms with Gasteiger partial charge in [0.15, 0.2) is 11.6 Å². The SMILES string of the molecule is CCOCc1nc2c(N(Cc3ccccc3)Cc3ccccc3)nc(C)c(C)c2n1N=C(C)C. The molecule has 0 saturated heterocycles. The van der Waals surface area contributed by atoms with E-state index in [0.717, 1.165) is 52.7 Å². The van der Waals surface area contributed by atoms with Crippen molar-refractivity contribution < 1.29 is 4.74 Å². The fraction of sp³-hybridized carbons (Fsp3) is 0.321. The first-order valence-corrected chi connectivity index (χ1v) is 11.8. The third-order valence-corrected chi connectivity index (χ3v) is 5.77. The topological polar surface area (TPSA) is 55.5 Å². The number of ether oxygens (including phenoxy) is 1. The van der Waals surface area contributed by atoms with Crippen molar-refractivity contribution in [3.05, 3.63) is 88.9 Å². The van der Waals surface area contributed by atoms with Crippen LogP contribution < -0.4 is 4.90 Å². The van der Waals surface area contributed by atoms with Crippen molar-refractivity contribution in [1.82, 2.24) is 14.6 Å². The average molecular weight is 456 g/mol. The van der Waals surface area contributed by atoms with Gasteiger partial charge in [-0.3, -0.25) is 0 Å². The summed E-state index contributed by atoms with van der Waals surface area (Å²) >= 11 is 0. The Morgan fingerprint density at radius 1 is 0.912 bits per heavy atom. The molecule has 0 bridgehead atoms. The van der Waals surface area contributed by atoms with Crippen LogP contribution in [0.4, 0.5) is 5.82 Å². The van der Waals surface area contributed by atoms with Gasteiger partial charge in [-0.2, -0.15) is 5.10 Å². The molecule has 0 fully saturated rings. The number of hydrogen-bond donors (Lipinski definition) is 0. The summed E-state index contributed by atoms with van der Waals surface area (Å²) in [5.74, 6) is 1.65. The van der Waals surface area contributed by atoms with Gasteiger partial charge in [0, 0.05) is 31.1 Å². The second kappa shape index (κ2) is 10.6. The van der Waals surface area contributed by atoms with E-state index >= 15 is 0 Å². The van der Waals surface area contributed by atoms with Gasteiger partial charge in [-0.1, -0.05) is 60.7 Å². The highest BCUT2D eigenvalue weighted by Crippen LogP contribution is 2.32. The van der Waals surface area contributed by atoms with Gasteiger partial charge in [-0.05, 0) is 51.3 Å². The van der Waals surface area contributed by atoms with Crippen LogP contribution in [0.2, 0.25) is 0 Å². The van der Waals surface area contributed by atoms with Gasteiger partial charge in [-0.15, -0.1) is 0 Å². The quantitative estimate of drug-likeness (QED) is 0.289. The minimum atomic E-state index is 0.400. The molecule has 2 aromatic carbocycles. The first-order valence-electron chi connectivity index (χ1n) is 11.8. The summed E-state index contributed by atoms with van der Waals surface area (Å²) < 4.78 is 7.69. The zero-order chi connectivity index (χ0) is 24.1. The molecule has 2 heterocycles. The Morgan fingerprint density at radius 2 is 1.50 bits per heavy atom. The van der Waals surface area contributed by atoms with Crippen molar-refractivity contribution in [2.75, 3.05) is 11.5 Å². The van der Waals surface area contributed by atoms with Crippen LogP contribution in [0, 0.1) is 13.8 Å². The van der Waals surface area contributed by atoms with E-state index in [2.05, 4.69) is 67.3 Å². The van der Waals surface area contributed by atoms with Crippen molar-refractivity contribution in [3.8, 4) is 0 Å². The lowest BCUT2D eigenvalue weighted by Crippen LogP contribution is -2.24. The number of anilines is 1. The summed E-state index contributed by atoms with van der Waals surface area (Å²) in [6, 6.07) is 21.0. The van der Waals surface area contributed by atoms with Crippen LogP contribution in [0.1, 0.15) is 49.0 Å². The molecule has 6 nitrogen and oxygen atoms in total. The number of hydrogen-bond acceptors (Lipinski definition) is 5. The molecule has 0 aliphatic carbocycles. The van der Waals surface area contributed by atoms with Gasteiger partial charge in [0.1, 0.15) is 17.6 Å². The fourth-order valence-corrected chi connectivity index (χ4v) is 4.05. The summed E-state index contributed by atoms with van der Waals surface area (Å²) in [4.78, 5) is 12.4. The standard InChI is InChI=1S/C28H33N5O/c1-6-34-19-25-30-26-27(33(25)31-20(2)3)21(4)22(5)29-28(26)32(17-23-13-9-7-10-14-23)18-24-15-11-8-12-16-24/h7-16H,6,17-19H2,1-5H3. The molecular formula is C28H33N5O. The zero-order valence-electron chi connectivity index (χ0n) is 20.7. The minimum absolute atomic E-state index is 0.400. The van der Waals surface area contributed by atoms with Crippen molar-refractivity contribution in [1.29, 1.82) is 0 Å². The van der Waals surface area contributed by atoms with Crippen LogP contribution in [0.15, 0.2) is 65.8 Å². The number of nitrogens with zero attached hydrogens (tertiary/aromatic N) is 5. The molecule has 2 aromatic heterocycles. The number of aromatic nitrogens is 3. The van der Waals surface area contributed by atoms with Gasteiger partial charge < -0.3 is 9.64 Å². The zero-order valence-corrected chi connectivity index (χ0v) is 20.7. The molecule has 4 rings (SSSR count). The van der Waals surface area contributed by atoms with Gasteiger partial charge in [-0.25, -0.2) is 14.6 Å². The molecule has 0 atom stereocenters. The lowest BCUT2D eigenvalue weighted by molar-refractivity contribution is 0.126. The molecule has 0 aliphatic rings. The van der Waals surface area contributed by atoms with Crippen molar-refractivity contribution in [2.45, 2.75) is 54.3 Å². The number of rotatable bonds is 9. The van der Waals surface area contributed by atoms with Gasteiger partial charge in [0.25, 0.3) is 0 Å². The third kappa shape index (κ3) is 5.18. The molecule has 176 valence electrons. The average Bonchev–Trinajstić information content (AvgIpc) is 3.18. The molecule has 0 N–H and O–H groups in total. The Balaban J connectivity index is 1.91. The van der Waals surface area contributed by atoms with E-state index in [0.29, 0.717) is 13.2 Å². The maximum Gasteiger partial charge on any atom is 0.157 e. The monoisotopic (exact) mass is 455 g/mol.